The van der Waals surface area contributed by atoms with Gasteiger partial charge in [-0.15, -0.1) is 0 Å². The number of amides is 1. The summed E-state index contributed by atoms with van der Waals surface area (Å²) in [5.74, 6) is -0.0939. The first kappa shape index (κ1) is 16.5. The maximum Gasteiger partial charge on any atom is 0.223 e. The molecule has 1 aliphatic heterocycles. The van der Waals surface area contributed by atoms with Gasteiger partial charge in [-0.2, -0.15) is 0 Å². The average Bonchev–Trinajstić information content (AvgIpc) is 2.62. The van der Waals surface area contributed by atoms with Crippen molar-refractivity contribution in [2.75, 3.05) is 18.0 Å². The topological polar surface area (TPSA) is 32.3 Å². The van der Waals surface area contributed by atoms with Crippen LogP contribution in [0.1, 0.15) is 24.0 Å². The second-order valence-electron chi connectivity index (χ2n) is 6.44. The highest BCUT2D eigenvalue weighted by Gasteiger charge is 2.24. The molecule has 3 nitrogen and oxygen atoms in total. The quantitative estimate of drug-likeness (QED) is 0.930. The van der Waals surface area contributed by atoms with Gasteiger partial charge in [0.25, 0.3) is 0 Å². The summed E-state index contributed by atoms with van der Waals surface area (Å²) >= 11 is 0. The number of carbonyl (C=O) groups excluding carboxylic acids is 1. The number of hydrogen-bond acceptors (Lipinski definition) is 2. The number of hydrogen-bond donors (Lipinski definition) is 1. The first-order valence-corrected chi connectivity index (χ1v) is 8.45. The molecule has 4 heteroatoms. The van der Waals surface area contributed by atoms with Crippen LogP contribution in [-0.4, -0.2) is 19.0 Å². The van der Waals surface area contributed by atoms with Crippen LogP contribution in [0.5, 0.6) is 0 Å². The number of carbonyl (C=O) groups is 1. The van der Waals surface area contributed by atoms with Gasteiger partial charge < -0.3 is 10.2 Å². The lowest BCUT2D eigenvalue weighted by Crippen LogP contribution is -2.40. The second-order valence-corrected chi connectivity index (χ2v) is 6.44. The SMILES string of the molecule is Cc1ccc(N2CCC(C(=O)NCc3ccc(F)cc3)CC2)cc1. The average molecular weight is 326 g/mol. The van der Waals surface area contributed by atoms with Crippen LogP contribution >= 0.6 is 0 Å². The van der Waals surface area contributed by atoms with E-state index in [4.69, 9.17) is 0 Å². The van der Waals surface area contributed by atoms with Gasteiger partial charge in [-0.1, -0.05) is 29.8 Å². The van der Waals surface area contributed by atoms with Gasteiger partial charge in [0.2, 0.25) is 5.91 Å². The maximum absolute atomic E-state index is 12.9. The molecule has 24 heavy (non-hydrogen) atoms. The lowest BCUT2D eigenvalue weighted by molar-refractivity contribution is -0.125. The van der Waals surface area contributed by atoms with Crippen molar-refractivity contribution in [3.63, 3.8) is 0 Å². The molecular formula is C20H23FN2O. The van der Waals surface area contributed by atoms with Crippen LogP contribution in [0, 0.1) is 18.7 Å². The van der Waals surface area contributed by atoms with Gasteiger partial charge in [-0.3, -0.25) is 4.79 Å². The van der Waals surface area contributed by atoms with E-state index in [0.717, 1.165) is 31.5 Å². The number of piperidine rings is 1. The Kier molecular flexibility index (Phi) is 5.14. The molecule has 1 amide bonds. The van der Waals surface area contributed by atoms with E-state index in [0.29, 0.717) is 6.54 Å². The summed E-state index contributed by atoms with van der Waals surface area (Å²) in [6.07, 6.45) is 1.73. The Bertz CT molecular complexity index is 674. The minimum atomic E-state index is -0.256. The summed E-state index contributed by atoms with van der Waals surface area (Å²) in [5, 5.41) is 2.97. The zero-order chi connectivity index (χ0) is 16.9. The molecule has 0 saturated carbocycles. The third-order valence-electron chi connectivity index (χ3n) is 4.64. The third kappa shape index (κ3) is 4.13. The molecule has 1 fully saturated rings. The Balaban J connectivity index is 1.48. The molecule has 0 aliphatic carbocycles. The zero-order valence-electron chi connectivity index (χ0n) is 14.0. The fourth-order valence-corrected chi connectivity index (χ4v) is 3.09. The van der Waals surface area contributed by atoms with Crippen LogP contribution < -0.4 is 10.2 Å². The van der Waals surface area contributed by atoms with Gasteiger partial charge in [0.05, 0.1) is 0 Å². The molecular weight excluding hydrogens is 303 g/mol. The van der Waals surface area contributed by atoms with Crippen molar-refractivity contribution in [2.45, 2.75) is 26.3 Å². The van der Waals surface area contributed by atoms with Crippen molar-refractivity contribution in [1.29, 1.82) is 0 Å². The third-order valence-corrected chi connectivity index (χ3v) is 4.64. The summed E-state index contributed by atoms with van der Waals surface area (Å²) < 4.78 is 12.9. The minimum Gasteiger partial charge on any atom is -0.371 e. The van der Waals surface area contributed by atoms with Crippen molar-refractivity contribution in [1.82, 2.24) is 5.32 Å². The molecule has 2 aromatic rings. The fraction of sp³-hybridized carbons (Fsp3) is 0.350. The van der Waals surface area contributed by atoms with Crippen LogP contribution in [0.3, 0.4) is 0 Å². The summed E-state index contributed by atoms with van der Waals surface area (Å²) in [6.45, 7) is 4.34. The highest BCUT2D eigenvalue weighted by Crippen LogP contribution is 2.23. The monoisotopic (exact) mass is 326 g/mol. The first-order chi connectivity index (χ1) is 11.6. The Labute approximate surface area is 142 Å². The Morgan fingerprint density at radius 1 is 1.08 bits per heavy atom. The summed E-state index contributed by atoms with van der Waals surface area (Å²) in [4.78, 5) is 14.7. The summed E-state index contributed by atoms with van der Waals surface area (Å²) in [7, 11) is 0. The molecule has 1 saturated heterocycles. The van der Waals surface area contributed by atoms with Gasteiger partial charge in [0.15, 0.2) is 0 Å². The van der Waals surface area contributed by atoms with E-state index >= 15 is 0 Å². The lowest BCUT2D eigenvalue weighted by atomic mass is 9.95. The van der Waals surface area contributed by atoms with E-state index < -0.39 is 0 Å². The molecule has 0 aromatic heterocycles. The van der Waals surface area contributed by atoms with Crippen molar-refractivity contribution >= 4 is 11.6 Å². The van der Waals surface area contributed by atoms with E-state index in [-0.39, 0.29) is 17.6 Å². The largest absolute Gasteiger partial charge is 0.371 e. The van der Waals surface area contributed by atoms with E-state index in [1.807, 2.05) is 0 Å². The summed E-state index contributed by atoms with van der Waals surface area (Å²) in [5.41, 5.74) is 3.40. The maximum atomic E-state index is 12.9. The molecule has 1 aliphatic rings. The second kappa shape index (κ2) is 7.47. The normalized spacial score (nSPS) is 15.3. The van der Waals surface area contributed by atoms with Gasteiger partial charge in [-0.05, 0) is 49.6 Å². The number of aryl methyl sites for hydroxylation is 1. The van der Waals surface area contributed by atoms with Gasteiger partial charge in [0, 0.05) is 31.2 Å². The van der Waals surface area contributed by atoms with E-state index in [1.165, 1.54) is 23.4 Å². The van der Waals surface area contributed by atoms with Crippen LogP contribution in [0.25, 0.3) is 0 Å². The highest BCUT2D eigenvalue weighted by molar-refractivity contribution is 5.79. The fourth-order valence-electron chi connectivity index (χ4n) is 3.09. The minimum absolute atomic E-state index is 0.0622. The predicted molar refractivity (Wildman–Crippen MR) is 94.4 cm³/mol. The standard InChI is InChI=1S/C20H23FN2O/c1-15-2-8-19(9-3-15)23-12-10-17(11-13-23)20(24)22-14-16-4-6-18(21)7-5-16/h2-9,17H,10-14H2,1H3,(H,22,24). The molecule has 1 heterocycles. The van der Waals surface area contributed by atoms with Gasteiger partial charge in [-0.25, -0.2) is 4.39 Å². The number of anilines is 1. The molecule has 2 aromatic carbocycles. The smallest absolute Gasteiger partial charge is 0.223 e. The Hall–Kier alpha value is -2.36. The molecule has 126 valence electrons. The van der Waals surface area contributed by atoms with E-state index in [2.05, 4.69) is 41.4 Å². The number of nitrogens with zero attached hydrogens (tertiary/aromatic N) is 1. The van der Waals surface area contributed by atoms with E-state index in [1.54, 1.807) is 12.1 Å². The Morgan fingerprint density at radius 2 is 1.71 bits per heavy atom. The van der Waals surface area contributed by atoms with Crippen LogP contribution in [-0.2, 0) is 11.3 Å². The molecule has 1 N–H and O–H groups in total. The number of rotatable bonds is 4. The molecule has 3 rings (SSSR count). The first-order valence-electron chi connectivity index (χ1n) is 8.45. The van der Waals surface area contributed by atoms with Gasteiger partial charge >= 0.3 is 0 Å². The van der Waals surface area contributed by atoms with Gasteiger partial charge in [0.1, 0.15) is 5.82 Å². The zero-order valence-corrected chi connectivity index (χ0v) is 14.0. The molecule has 0 radical (unpaired) electrons. The molecule has 0 spiro atoms. The van der Waals surface area contributed by atoms with Crippen molar-refractivity contribution in [3.05, 3.63) is 65.5 Å². The molecule has 0 atom stereocenters. The lowest BCUT2D eigenvalue weighted by Gasteiger charge is -2.33. The molecule has 0 bridgehead atoms. The Morgan fingerprint density at radius 3 is 2.33 bits per heavy atom. The number of benzene rings is 2. The van der Waals surface area contributed by atoms with Crippen LogP contribution in [0.4, 0.5) is 10.1 Å². The predicted octanol–water partition coefficient (Wildman–Crippen LogP) is 3.67. The van der Waals surface area contributed by atoms with Crippen molar-refractivity contribution in [2.24, 2.45) is 5.92 Å². The number of nitrogens with one attached hydrogen (secondary N) is 1. The van der Waals surface area contributed by atoms with Crippen molar-refractivity contribution < 1.29 is 9.18 Å². The highest BCUT2D eigenvalue weighted by atomic mass is 19.1. The summed E-state index contributed by atoms with van der Waals surface area (Å²) in [6, 6.07) is 14.8. The van der Waals surface area contributed by atoms with Crippen molar-refractivity contribution in [3.8, 4) is 0 Å². The number of halogens is 1. The van der Waals surface area contributed by atoms with E-state index in [9.17, 15) is 9.18 Å². The molecule has 0 unspecified atom stereocenters. The van der Waals surface area contributed by atoms with Crippen LogP contribution in [0.15, 0.2) is 48.5 Å². The van der Waals surface area contributed by atoms with Crippen LogP contribution in [0.2, 0.25) is 0 Å².